The van der Waals surface area contributed by atoms with E-state index < -0.39 is 23.8 Å². The van der Waals surface area contributed by atoms with Crippen LogP contribution < -0.4 is 20.1 Å². The van der Waals surface area contributed by atoms with Gasteiger partial charge in [0.15, 0.2) is 11.6 Å². The molecule has 1 aromatic carbocycles. The summed E-state index contributed by atoms with van der Waals surface area (Å²) >= 11 is 0. The van der Waals surface area contributed by atoms with Crippen molar-refractivity contribution in [3.8, 4) is 11.5 Å². The summed E-state index contributed by atoms with van der Waals surface area (Å²) in [6.45, 7) is 3.41. The fourth-order valence-corrected chi connectivity index (χ4v) is 2.13. The number of benzene rings is 1. The van der Waals surface area contributed by atoms with Gasteiger partial charge in [0.1, 0.15) is 18.2 Å². The highest BCUT2D eigenvalue weighted by atomic mass is 19.4. The van der Waals surface area contributed by atoms with Gasteiger partial charge in [-0.15, -0.1) is 13.2 Å². The van der Waals surface area contributed by atoms with E-state index in [1.165, 1.54) is 18.3 Å². The molecule has 2 amide bonds. The summed E-state index contributed by atoms with van der Waals surface area (Å²) in [5.74, 6) is -2.95. The Morgan fingerprint density at radius 2 is 1.90 bits per heavy atom. The minimum absolute atomic E-state index is 0.0288. The molecule has 2 rings (SSSR count). The summed E-state index contributed by atoms with van der Waals surface area (Å²) < 4.78 is 58.7. The summed E-state index contributed by atoms with van der Waals surface area (Å²) in [6.07, 6.45) is -3.63. The highest BCUT2D eigenvalue weighted by molar-refractivity contribution is 5.96. The van der Waals surface area contributed by atoms with Crippen LogP contribution >= 0.6 is 0 Å². The number of amides is 2. The van der Waals surface area contributed by atoms with Crippen molar-refractivity contribution >= 4 is 17.6 Å². The maximum absolute atomic E-state index is 13.6. The quantitative estimate of drug-likeness (QED) is 0.495. The van der Waals surface area contributed by atoms with Crippen LogP contribution in [-0.4, -0.2) is 36.3 Å². The number of hydrogen-bond acceptors (Lipinski definition) is 5. The first kappa shape index (κ1) is 22.9. The third-order valence-electron chi connectivity index (χ3n) is 3.58. The van der Waals surface area contributed by atoms with E-state index >= 15 is 0 Å². The number of aromatic nitrogens is 1. The zero-order chi connectivity index (χ0) is 22.3. The SMILES string of the molecule is CC(C)C(=O)Nc1cc(C(=O)NCCOc2ccc(OC(F)(F)F)c(F)c2)ccn1. The molecule has 2 aromatic rings. The Balaban J connectivity index is 1.84. The lowest BCUT2D eigenvalue weighted by Crippen LogP contribution is -2.28. The van der Waals surface area contributed by atoms with Crippen LogP contribution in [0.1, 0.15) is 24.2 Å². The number of halogens is 4. The third-order valence-corrected chi connectivity index (χ3v) is 3.58. The Kier molecular flexibility index (Phi) is 7.56. The van der Waals surface area contributed by atoms with Crippen molar-refractivity contribution in [2.24, 2.45) is 5.92 Å². The number of carbonyl (C=O) groups excluding carboxylic acids is 2. The monoisotopic (exact) mass is 429 g/mol. The number of ether oxygens (including phenoxy) is 2. The van der Waals surface area contributed by atoms with Gasteiger partial charge in [-0.25, -0.2) is 9.37 Å². The Hall–Kier alpha value is -3.37. The molecule has 0 aliphatic rings. The molecule has 1 aromatic heterocycles. The molecule has 0 unspecified atom stereocenters. The number of alkyl halides is 3. The number of nitrogens with one attached hydrogen (secondary N) is 2. The van der Waals surface area contributed by atoms with Gasteiger partial charge < -0.3 is 20.1 Å². The van der Waals surface area contributed by atoms with Gasteiger partial charge in [0, 0.05) is 23.7 Å². The Morgan fingerprint density at radius 3 is 2.53 bits per heavy atom. The maximum atomic E-state index is 13.6. The summed E-state index contributed by atoms with van der Waals surface area (Å²) in [6, 6.07) is 5.51. The molecule has 0 saturated heterocycles. The molecular weight excluding hydrogens is 410 g/mol. The van der Waals surface area contributed by atoms with E-state index in [2.05, 4.69) is 20.4 Å². The van der Waals surface area contributed by atoms with Crippen LogP contribution in [0.15, 0.2) is 36.5 Å². The van der Waals surface area contributed by atoms with Crippen LogP contribution in [0.4, 0.5) is 23.4 Å². The maximum Gasteiger partial charge on any atom is 0.573 e. The summed E-state index contributed by atoms with van der Waals surface area (Å²) in [5, 5.41) is 5.14. The Morgan fingerprint density at radius 1 is 1.17 bits per heavy atom. The van der Waals surface area contributed by atoms with Crippen LogP contribution in [0.3, 0.4) is 0 Å². The number of carbonyl (C=O) groups is 2. The molecule has 0 bridgehead atoms. The molecule has 7 nitrogen and oxygen atoms in total. The van der Waals surface area contributed by atoms with Crippen molar-refractivity contribution in [1.82, 2.24) is 10.3 Å². The Bertz CT molecular complexity index is 904. The van der Waals surface area contributed by atoms with Crippen LogP contribution in [0.2, 0.25) is 0 Å². The van der Waals surface area contributed by atoms with Gasteiger partial charge in [-0.3, -0.25) is 9.59 Å². The molecular formula is C19H19F4N3O4. The van der Waals surface area contributed by atoms with Gasteiger partial charge in [-0.1, -0.05) is 13.8 Å². The second-order valence-corrected chi connectivity index (χ2v) is 6.32. The average Bonchev–Trinajstić information content (AvgIpc) is 2.66. The van der Waals surface area contributed by atoms with Crippen LogP contribution in [-0.2, 0) is 4.79 Å². The molecule has 0 spiro atoms. The van der Waals surface area contributed by atoms with Crippen molar-refractivity contribution in [3.05, 3.63) is 47.9 Å². The lowest BCUT2D eigenvalue weighted by molar-refractivity contribution is -0.275. The van der Waals surface area contributed by atoms with Crippen molar-refractivity contribution in [2.75, 3.05) is 18.5 Å². The van der Waals surface area contributed by atoms with Crippen molar-refractivity contribution in [1.29, 1.82) is 0 Å². The van der Waals surface area contributed by atoms with Gasteiger partial charge in [0.05, 0.1) is 6.54 Å². The molecule has 0 atom stereocenters. The fraction of sp³-hybridized carbons (Fsp3) is 0.316. The molecule has 11 heteroatoms. The van der Waals surface area contributed by atoms with Crippen molar-refractivity contribution < 1.29 is 36.6 Å². The molecule has 0 aliphatic carbocycles. The van der Waals surface area contributed by atoms with Gasteiger partial charge >= 0.3 is 6.36 Å². The highest BCUT2D eigenvalue weighted by Gasteiger charge is 2.32. The minimum Gasteiger partial charge on any atom is -0.492 e. The van der Waals surface area contributed by atoms with E-state index in [4.69, 9.17) is 4.74 Å². The predicted molar refractivity (Wildman–Crippen MR) is 98.6 cm³/mol. The summed E-state index contributed by atoms with van der Waals surface area (Å²) in [5.41, 5.74) is 0.253. The fourth-order valence-electron chi connectivity index (χ4n) is 2.13. The molecule has 162 valence electrons. The number of rotatable bonds is 8. The van der Waals surface area contributed by atoms with Crippen molar-refractivity contribution in [3.63, 3.8) is 0 Å². The molecule has 0 radical (unpaired) electrons. The molecule has 0 fully saturated rings. The van der Waals surface area contributed by atoms with E-state index in [1.54, 1.807) is 13.8 Å². The first-order chi connectivity index (χ1) is 14.0. The molecule has 1 heterocycles. The lowest BCUT2D eigenvalue weighted by atomic mass is 10.2. The van der Waals surface area contributed by atoms with Crippen LogP contribution in [0.25, 0.3) is 0 Å². The van der Waals surface area contributed by atoms with Crippen molar-refractivity contribution in [2.45, 2.75) is 20.2 Å². The zero-order valence-electron chi connectivity index (χ0n) is 16.0. The van der Waals surface area contributed by atoms with Gasteiger partial charge in [0.25, 0.3) is 5.91 Å². The lowest BCUT2D eigenvalue weighted by Gasteiger charge is -2.12. The van der Waals surface area contributed by atoms with Gasteiger partial charge in [-0.2, -0.15) is 0 Å². The van der Waals surface area contributed by atoms with E-state index in [9.17, 15) is 27.2 Å². The molecule has 0 saturated carbocycles. The molecule has 30 heavy (non-hydrogen) atoms. The first-order valence-electron chi connectivity index (χ1n) is 8.78. The number of hydrogen-bond donors (Lipinski definition) is 2. The van der Waals surface area contributed by atoms with E-state index in [0.29, 0.717) is 0 Å². The summed E-state index contributed by atoms with van der Waals surface area (Å²) in [4.78, 5) is 27.8. The molecule has 2 N–H and O–H groups in total. The number of pyridine rings is 1. The third kappa shape index (κ3) is 7.22. The standard InChI is InChI=1S/C19H19F4N3O4/c1-11(2)17(27)26-16-9-12(5-6-24-16)18(28)25-7-8-29-13-3-4-15(14(20)10-13)30-19(21,22)23/h3-6,9-11H,7-8H2,1-2H3,(H,25,28)(H,24,26,27). The zero-order valence-corrected chi connectivity index (χ0v) is 16.0. The number of nitrogens with zero attached hydrogens (tertiary/aromatic N) is 1. The normalized spacial score (nSPS) is 11.2. The van der Waals surface area contributed by atoms with E-state index in [1.807, 2.05) is 0 Å². The average molecular weight is 429 g/mol. The minimum atomic E-state index is -5.00. The number of anilines is 1. The van der Waals surface area contributed by atoms with E-state index in [0.717, 1.165) is 18.2 Å². The Labute approximate surface area is 169 Å². The van der Waals surface area contributed by atoms with Crippen LogP contribution in [0.5, 0.6) is 11.5 Å². The van der Waals surface area contributed by atoms with Gasteiger partial charge in [0.2, 0.25) is 5.91 Å². The predicted octanol–water partition coefficient (Wildman–Crippen LogP) is 3.52. The topological polar surface area (TPSA) is 89.6 Å². The molecule has 0 aliphatic heterocycles. The second kappa shape index (κ2) is 9.90. The smallest absolute Gasteiger partial charge is 0.492 e. The first-order valence-corrected chi connectivity index (χ1v) is 8.78. The largest absolute Gasteiger partial charge is 0.573 e. The van der Waals surface area contributed by atoms with E-state index in [-0.39, 0.29) is 42.1 Å². The second-order valence-electron chi connectivity index (χ2n) is 6.32. The summed E-state index contributed by atoms with van der Waals surface area (Å²) in [7, 11) is 0. The highest BCUT2D eigenvalue weighted by Crippen LogP contribution is 2.28. The van der Waals surface area contributed by atoms with Crippen LogP contribution in [0, 0.1) is 11.7 Å². The van der Waals surface area contributed by atoms with Gasteiger partial charge in [-0.05, 0) is 24.3 Å².